The summed E-state index contributed by atoms with van der Waals surface area (Å²) in [6.07, 6.45) is 8.39. The highest BCUT2D eigenvalue weighted by atomic mass is 16.5. The van der Waals surface area contributed by atoms with Crippen molar-refractivity contribution < 1.29 is 14.6 Å². The van der Waals surface area contributed by atoms with Gasteiger partial charge in [-0.2, -0.15) is 0 Å². The van der Waals surface area contributed by atoms with Gasteiger partial charge in [-0.3, -0.25) is 9.69 Å². The first-order chi connectivity index (χ1) is 10.7. The topological polar surface area (TPSA) is 61.8 Å². The second kappa shape index (κ2) is 7.75. The zero-order valence-electron chi connectivity index (χ0n) is 13.5. The fourth-order valence-electron chi connectivity index (χ4n) is 4.42. The molecule has 1 aliphatic carbocycles. The number of likely N-dealkylation sites (tertiary alicyclic amines) is 1. The van der Waals surface area contributed by atoms with Crippen molar-refractivity contribution in [3.8, 4) is 0 Å². The molecule has 3 fully saturated rings. The highest BCUT2D eigenvalue weighted by molar-refractivity contribution is 5.78. The molecule has 2 heterocycles. The monoisotopic (exact) mass is 310 g/mol. The van der Waals surface area contributed by atoms with Gasteiger partial charge in [0, 0.05) is 31.2 Å². The van der Waals surface area contributed by atoms with Crippen molar-refractivity contribution in [2.24, 2.45) is 5.92 Å². The van der Waals surface area contributed by atoms with Crippen LogP contribution in [0.2, 0.25) is 0 Å². The molecule has 1 saturated carbocycles. The number of rotatable bonds is 4. The van der Waals surface area contributed by atoms with Crippen LogP contribution in [0.4, 0.5) is 0 Å². The Balaban J connectivity index is 1.50. The molecule has 0 radical (unpaired) electrons. The summed E-state index contributed by atoms with van der Waals surface area (Å²) in [4.78, 5) is 14.6. The molecule has 2 N–H and O–H groups in total. The lowest BCUT2D eigenvalue weighted by Crippen LogP contribution is -2.48. The third kappa shape index (κ3) is 4.00. The van der Waals surface area contributed by atoms with Crippen LogP contribution < -0.4 is 5.32 Å². The number of carbonyl (C=O) groups is 1. The van der Waals surface area contributed by atoms with Crippen LogP contribution in [0, 0.1) is 5.92 Å². The Kier molecular flexibility index (Phi) is 5.71. The van der Waals surface area contributed by atoms with E-state index in [0.29, 0.717) is 18.5 Å². The Labute approximate surface area is 133 Å². The van der Waals surface area contributed by atoms with E-state index < -0.39 is 0 Å². The molecule has 0 unspecified atom stereocenters. The minimum absolute atomic E-state index is 0.143. The summed E-state index contributed by atoms with van der Waals surface area (Å²) in [7, 11) is 0. The first-order valence-electron chi connectivity index (χ1n) is 9.03. The molecule has 0 aromatic heterocycles. The van der Waals surface area contributed by atoms with Gasteiger partial charge >= 0.3 is 0 Å². The Bertz CT molecular complexity index is 371. The van der Waals surface area contributed by atoms with E-state index in [2.05, 4.69) is 10.2 Å². The maximum atomic E-state index is 12.3. The van der Waals surface area contributed by atoms with Crippen molar-refractivity contribution in [2.75, 3.05) is 26.3 Å². The lowest BCUT2D eigenvalue weighted by molar-refractivity contribution is -0.124. The molecule has 3 rings (SSSR count). The highest BCUT2D eigenvalue weighted by Crippen LogP contribution is 2.34. The summed E-state index contributed by atoms with van der Waals surface area (Å²) in [6.45, 7) is 3.00. The number of hydrogen-bond acceptors (Lipinski definition) is 4. The van der Waals surface area contributed by atoms with Crippen LogP contribution in [0.1, 0.15) is 51.4 Å². The quantitative estimate of drug-likeness (QED) is 0.821. The number of nitrogens with one attached hydrogen (secondary N) is 1. The van der Waals surface area contributed by atoms with Crippen molar-refractivity contribution in [3.05, 3.63) is 0 Å². The molecule has 0 aromatic rings. The Morgan fingerprint density at radius 3 is 2.64 bits per heavy atom. The maximum Gasteiger partial charge on any atom is 0.234 e. The molecule has 0 spiro atoms. The van der Waals surface area contributed by atoms with Gasteiger partial charge in [0.15, 0.2) is 0 Å². The summed E-state index contributed by atoms with van der Waals surface area (Å²) in [5, 5.41) is 13.5. The lowest BCUT2D eigenvalue weighted by Gasteiger charge is -2.37. The minimum Gasteiger partial charge on any atom is -0.393 e. The largest absolute Gasteiger partial charge is 0.393 e. The Morgan fingerprint density at radius 2 is 1.86 bits per heavy atom. The summed E-state index contributed by atoms with van der Waals surface area (Å²) >= 11 is 0. The third-order valence-corrected chi connectivity index (χ3v) is 5.62. The van der Waals surface area contributed by atoms with E-state index >= 15 is 0 Å². The van der Waals surface area contributed by atoms with Crippen molar-refractivity contribution in [1.82, 2.24) is 10.2 Å². The van der Waals surface area contributed by atoms with Gasteiger partial charge in [0.25, 0.3) is 0 Å². The van der Waals surface area contributed by atoms with Crippen molar-refractivity contribution in [1.29, 1.82) is 0 Å². The van der Waals surface area contributed by atoms with E-state index in [-0.39, 0.29) is 18.1 Å². The van der Waals surface area contributed by atoms with Crippen molar-refractivity contribution in [3.63, 3.8) is 0 Å². The number of amides is 1. The van der Waals surface area contributed by atoms with E-state index in [1.807, 2.05) is 0 Å². The first-order valence-corrected chi connectivity index (χ1v) is 9.03. The molecule has 1 amide bonds. The fraction of sp³-hybridized carbons (Fsp3) is 0.941. The molecule has 3 atom stereocenters. The molecule has 0 bridgehead atoms. The third-order valence-electron chi connectivity index (χ3n) is 5.62. The van der Waals surface area contributed by atoms with Gasteiger partial charge in [0.2, 0.25) is 5.91 Å². The molecule has 22 heavy (non-hydrogen) atoms. The second-order valence-corrected chi connectivity index (χ2v) is 7.15. The second-order valence-electron chi connectivity index (χ2n) is 7.15. The molecule has 2 aliphatic heterocycles. The number of aliphatic hydroxyl groups excluding tert-OH is 1. The molecule has 5 heteroatoms. The van der Waals surface area contributed by atoms with Gasteiger partial charge in [-0.1, -0.05) is 12.8 Å². The molecule has 0 aromatic carbocycles. The van der Waals surface area contributed by atoms with Crippen molar-refractivity contribution >= 4 is 5.91 Å². The van der Waals surface area contributed by atoms with Crippen LogP contribution in [0.3, 0.4) is 0 Å². The zero-order chi connectivity index (χ0) is 15.4. The van der Waals surface area contributed by atoms with Crippen LogP contribution in [-0.2, 0) is 9.53 Å². The molecular formula is C17H30N2O3. The van der Waals surface area contributed by atoms with E-state index in [4.69, 9.17) is 4.74 Å². The minimum atomic E-state index is -0.169. The van der Waals surface area contributed by atoms with Gasteiger partial charge in [0.1, 0.15) is 0 Å². The molecular weight excluding hydrogens is 280 g/mol. The standard InChI is InChI=1S/C17H30N2O3/c20-16-6-2-1-4-14(16)15-5-3-9-19(15)12-17(21)18-13-7-10-22-11-8-13/h13-16,20H,1-12H2,(H,18,21)/t14-,15+,16+/m0/s1. The number of nitrogens with zero attached hydrogens (tertiary/aromatic N) is 1. The molecule has 5 nitrogen and oxygen atoms in total. The number of ether oxygens (including phenoxy) is 1. The van der Waals surface area contributed by atoms with Crippen LogP contribution in [0.25, 0.3) is 0 Å². The average molecular weight is 310 g/mol. The highest BCUT2D eigenvalue weighted by Gasteiger charge is 2.37. The zero-order valence-corrected chi connectivity index (χ0v) is 13.5. The van der Waals surface area contributed by atoms with Gasteiger partial charge < -0.3 is 15.2 Å². The van der Waals surface area contributed by atoms with Gasteiger partial charge in [0.05, 0.1) is 12.6 Å². The maximum absolute atomic E-state index is 12.3. The van der Waals surface area contributed by atoms with Gasteiger partial charge in [-0.05, 0) is 45.1 Å². The average Bonchev–Trinajstić information content (AvgIpc) is 2.96. The molecule has 126 valence electrons. The molecule has 2 saturated heterocycles. The van der Waals surface area contributed by atoms with Crippen LogP contribution in [-0.4, -0.2) is 60.4 Å². The number of hydrogen-bond donors (Lipinski definition) is 2. The fourth-order valence-corrected chi connectivity index (χ4v) is 4.42. The van der Waals surface area contributed by atoms with Crippen LogP contribution in [0.15, 0.2) is 0 Å². The predicted octanol–water partition coefficient (Wildman–Crippen LogP) is 1.30. The van der Waals surface area contributed by atoms with Gasteiger partial charge in [-0.25, -0.2) is 0 Å². The number of carbonyl (C=O) groups excluding carboxylic acids is 1. The van der Waals surface area contributed by atoms with E-state index in [1.165, 1.54) is 6.42 Å². The van der Waals surface area contributed by atoms with E-state index in [1.54, 1.807) is 0 Å². The summed E-state index contributed by atoms with van der Waals surface area (Å²) < 4.78 is 5.33. The first kappa shape index (κ1) is 16.2. The number of aliphatic hydroxyl groups is 1. The summed E-state index contributed by atoms with van der Waals surface area (Å²) in [6, 6.07) is 0.679. The van der Waals surface area contributed by atoms with Crippen LogP contribution >= 0.6 is 0 Å². The van der Waals surface area contributed by atoms with Crippen molar-refractivity contribution in [2.45, 2.75) is 69.6 Å². The predicted molar refractivity (Wildman–Crippen MR) is 84.5 cm³/mol. The van der Waals surface area contributed by atoms with E-state index in [0.717, 1.165) is 64.7 Å². The summed E-state index contributed by atoms with van der Waals surface area (Å²) in [5.41, 5.74) is 0. The molecule has 3 aliphatic rings. The summed E-state index contributed by atoms with van der Waals surface area (Å²) in [5.74, 6) is 0.510. The smallest absolute Gasteiger partial charge is 0.234 e. The Hall–Kier alpha value is -0.650. The van der Waals surface area contributed by atoms with Gasteiger partial charge in [-0.15, -0.1) is 0 Å². The lowest BCUT2D eigenvalue weighted by atomic mass is 9.80. The van der Waals surface area contributed by atoms with E-state index in [9.17, 15) is 9.90 Å². The Morgan fingerprint density at radius 1 is 1.09 bits per heavy atom. The van der Waals surface area contributed by atoms with Crippen LogP contribution in [0.5, 0.6) is 0 Å². The normalized spacial score (nSPS) is 34.7. The SMILES string of the molecule is O=C(CN1CCC[C@@H]1[C@@H]1CCCC[C@H]1O)NC1CCOCC1.